The van der Waals surface area contributed by atoms with Gasteiger partial charge in [0.1, 0.15) is 0 Å². The van der Waals surface area contributed by atoms with Crippen molar-refractivity contribution in [3.05, 3.63) is 66.4 Å². The zero-order valence-electron chi connectivity index (χ0n) is 11.1. The molecule has 0 amide bonds. The minimum Gasteiger partial charge on any atom is -0.212 e. The molecule has 0 radical (unpaired) electrons. The second-order valence-corrected chi connectivity index (χ2v) is 4.92. The van der Waals surface area contributed by atoms with Crippen molar-refractivity contribution >= 4 is 16.3 Å². The van der Waals surface area contributed by atoms with Gasteiger partial charge < -0.3 is 0 Å². The number of fused-ring (bicyclic) bond motifs is 3. The van der Waals surface area contributed by atoms with Crippen molar-refractivity contribution < 1.29 is 0 Å². The zero-order valence-corrected chi connectivity index (χ0v) is 11.1. The van der Waals surface area contributed by atoms with Crippen LogP contribution in [0.3, 0.4) is 0 Å². The van der Waals surface area contributed by atoms with Crippen LogP contribution in [0.1, 0.15) is 5.69 Å². The van der Waals surface area contributed by atoms with Crippen molar-refractivity contribution in [2.75, 3.05) is 0 Å². The summed E-state index contributed by atoms with van der Waals surface area (Å²) in [5.74, 6) is 0. The quantitative estimate of drug-likeness (QED) is 0.519. The molecule has 0 aliphatic carbocycles. The van der Waals surface area contributed by atoms with Crippen molar-refractivity contribution in [1.29, 1.82) is 0 Å². The molecular formula is C17H13N3. The largest absolute Gasteiger partial charge is 0.212 e. The van der Waals surface area contributed by atoms with Gasteiger partial charge in [-0.3, -0.25) is 0 Å². The van der Waals surface area contributed by atoms with E-state index in [1.807, 2.05) is 29.6 Å². The van der Waals surface area contributed by atoms with Crippen molar-refractivity contribution in [2.45, 2.75) is 6.92 Å². The normalized spacial score (nSPS) is 11.2. The van der Waals surface area contributed by atoms with Crippen LogP contribution in [0, 0.1) is 6.92 Å². The summed E-state index contributed by atoms with van der Waals surface area (Å²) in [6, 6.07) is 20.8. The molecule has 4 aromatic rings. The van der Waals surface area contributed by atoms with Crippen LogP contribution < -0.4 is 0 Å². The molecule has 0 spiro atoms. The predicted octanol–water partition coefficient (Wildman–Crippen LogP) is 3.86. The summed E-state index contributed by atoms with van der Waals surface area (Å²) in [6.07, 6.45) is 0. The Kier molecular flexibility index (Phi) is 2.33. The summed E-state index contributed by atoms with van der Waals surface area (Å²) in [6.45, 7) is 2.00. The first kappa shape index (κ1) is 11.2. The Morgan fingerprint density at radius 1 is 0.900 bits per heavy atom. The van der Waals surface area contributed by atoms with E-state index in [1.165, 1.54) is 10.8 Å². The third-order valence-corrected chi connectivity index (χ3v) is 3.64. The summed E-state index contributed by atoms with van der Waals surface area (Å²) in [5.41, 5.74) is 4.26. The first-order valence-electron chi connectivity index (χ1n) is 6.64. The number of aromatic nitrogens is 3. The summed E-state index contributed by atoms with van der Waals surface area (Å²) in [5, 5.41) is 11.0. The second kappa shape index (κ2) is 4.17. The Morgan fingerprint density at radius 3 is 2.50 bits per heavy atom. The van der Waals surface area contributed by atoms with Gasteiger partial charge in [0.25, 0.3) is 0 Å². The Morgan fingerprint density at radius 2 is 1.65 bits per heavy atom. The highest BCUT2D eigenvalue weighted by Gasteiger charge is 2.12. The highest BCUT2D eigenvalue weighted by atomic mass is 15.4. The molecule has 0 unspecified atom stereocenters. The van der Waals surface area contributed by atoms with Crippen molar-refractivity contribution in [3.63, 3.8) is 0 Å². The Balaban J connectivity index is 2.20. The first-order valence-corrected chi connectivity index (χ1v) is 6.64. The lowest BCUT2D eigenvalue weighted by atomic mass is 10.1. The number of rotatable bonds is 1. The van der Waals surface area contributed by atoms with Crippen LogP contribution in [-0.2, 0) is 0 Å². The molecule has 0 aliphatic heterocycles. The Labute approximate surface area is 116 Å². The molecule has 20 heavy (non-hydrogen) atoms. The molecule has 0 saturated heterocycles. The van der Waals surface area contributed by atoms with E-state index in [-0.39, 0.29) is 0 Å². The van der Waals surface area contributed by atoms with E-state index in [9.17, 15) is 0 Å². The number of nitrogens with zero attached hydrogens (tertiary/aromatic N) is 3. The van der Waals surface area contributed by atoms with E-state index in [0.29, 0.717) is 0 Å². The molecule has 4 rings (SSSR count). The average Bonchev–Trinajstić information content (AvgIpc) is 2.90. The van der Waals surface area contributed by atoms with Gasteiger partial charge in [-0.1, -0.05) is 59.8 Å². The van der Waals surface area contributed by atoms with Gasteiger partial charge in [-0.15, -0.1) is 5.10 Å². The van der Waals surface area contributed by atoms with Gasteiger partial charge in [0.15, 0.2) is 0 Å². The van der Waals surface area contributed by atoms with Gasteiger partial charge in [-0.2, -0.15) is 0 Å². The Bertz CT molecular complexity index is 907. The SMILES string of the molecule is Cc1nnn2c(-c3ccccc3)cc3ccccc3c12. The lowest BCUT2D eigenvalue weighted by Gasteiger charge is -2.08. The molecular weight excluding hydrogens is 246 g/mol. The fourth-order valence-corrected chi connectivity index (χ4v) is 2.70. The molecule has 0 bridgehead atoms. The van der Waals surface area contributed by atoms with Gasteiger partial charge in [-0.25, -0.2) is 4.52 Å². The van der Waals surface area contributed by atoms with Crippen LogP contribution in [0.2, 0.25) is 0 Å². The number of hydrogen-bond acceptors (Lipinski definition) is 2. The topological polar surface area (TPSA) is 30.2 Å². The van der Waals surface area contributed by atoms with Crippen molar-refractivity contribution in [2.24, 2.45) is 0 Å². The maximum absolute atomic E-state index is 4.31. The van der Waals surface area contributed by atoms with Crippen molar-refractivity contribution in [1.82, 2.24) is 14.8 Å². The van der Waals surface area contributed by atoms with E-state index < -0.39 is 0 Å². The molecule has 96 valence electrons. The van der Waals surface area contributed by atoms with E-state index in [0.717, 1.165) is 22.5 Å². The summed E-state index contributed by atoms with van der Waals surface area (Å²) < 4.78 is 1.94. The summed E-state index contributed by atoms with van der Waals surface area (Å²) in [4.78, 5) is 0. The fraction of sp³-hybridized carbons (Fsp3) is 0.0588. The molecule has 0 saturated carbocycles. The molecule has 0 aliphatic rings. The van der Waals surface area contributed by atoms with Gasteiger partial charge in [0.2, 0.25) is 0 Å². The first-order chi connectivity index (χ1) is 9.84. The lowest BCUT2D eigenvalue weighted by molar-refractivity contribution is 0.857. The predicted molar refractivity (Wildman–Crippen MR) is 80.7 cm³/mol. The van der Waals surface area contributed by atoms with Gasteiger partial charge in [0.05, 0.1) is 16.9 Å². The van der Waals surface area contributed by atoms with E-state index >= 15 is 0 Å². The minimum atomic E-state index is 0.957. The molecule has 2 heterocycles. The minimum absolute atomic E-state index is 0.957. The lowest BCUT2D eigenvalue weighted by Crippen LogP contribution is -1.95. The molecule has 0 atom stereocenters. The smallest absolute Gasteiger partial charge is 0.0979 e. The fourth-order valence-electron chi connectivity index (χ4n) is 2.70. The van der Waals surface area contributed by atoms with Crippen molar-refractivity contribution in [3.8, 4) is 11.3 Å². The zero-order chi connectivity index (χ0) is 13.5. The van der Waals surface area contributed by atoms with Crippen LogP contribution in [0.4, 0.5) is 0 Å². The monoisotopic (exact) mass is 259 g/mol. The second-order valence-electron chi connectivity index (χ2n) is 4.92. The number of hydrogen-bond donors (Lipinski definition) is 0. The number of aryl methyl sites for hydroxylation is 1. The van der Waals surface area contributed by atoms with Gasteiger partial charge >= 0.3 is 0 Å². The summed E-state index contributed by atoms with van der Waals surface area (Å²) >= 11 is 0. The highest BCUT2D eigenvalue weighted by Crippen LogP contribution is 2.28. The maximum atomic E-state index is 4.31. The Hall–Kier alpha value is -2.68. The van der Waals surface area contributed by atoms with E-state index in [4.69, 9.17) is 0 Å². The molecule has 3 nitrogen and oxygen atoms in total. The summed E-state index contributed by atoms with van der Waals surface area (Å²) in [7, 11) is 0. The van der Waals surface area contributed by atoms with E-state index in [2.05, 4.69) is 52.8 Å². The molecule has 2 aromatic carbocycles. The third-order valence-electron chi connectivity index (χ3n) is 3.64. The maximum Gasteiger partial charge on any atom is 0.0979 e. The highest BCUT2D eigenvalue weighted by molar-refractivity contribution is 5.99. The van der Waals surface area contributed by atoms with Crippen LogP contribution in [0.15, 0.2) is 60.7 Å². The van der Waals surface area contributed by atoms with Crippen LogP contribution in [0.5, 0.6) is 0 Å². The standard InChI is InChI=1S/C17H13N3/c1-12-17-15-10-6-5-9-14(15)11-16(20(17)19-18-12)13-7-3-2-4-8-13/h2-11H,1H3. The average molecular weight is 259 g/mol. The number of benzene rings is 2. The third kappa shape index (κ3) is 1.53. The van der Waals surface area contributed by atoms with Crippen LogP contribution in [0.25, 0.3) is 27.5 Å². The molecule has 0 N–H and O–H groups in total. The van der Waals surface area contributed by atoms with Crippen LogP contribution >= 0.6 is 0 Å². The molecule has 0 fully saturated rings. The van der Waals surface area contributed by atoms with Gasteiger partial charge in [0, 0.05) is 10.9 Å². The number of pyridine rings is 1. The van der Waals surface area contributed by atoms with Gasteiger partial charge in [-0.05, 0) is 18.4 Å². The molecule has 2 aromatic heterocycles. The van der Waals surface area contributed by atoms with Crippen LogP contribution in [-0.4, -0.2) is 14.8 Å². The molecule has 3 heteroatoms. The van der Waals surface area contributed by atoms with E-state index in [1.54, 1.807) is 0 Å².